The highest BCUT2D eigenvalue weighted by atomic mass is 17.3. The lowest BCUT2D eigenvalue weighted by Gasteiger charge is -2.26. The summed E-state index contributed by atoms with van der Waals surface area (Å²) in [5, 5.41) is 0. The van der Waals surface area contributed by atoms with Crippen LogP contribution >= 0.6 is 0 Å². The zero-order chi connectivity index (χ0) is 16.6. The van der Waals surface area contributed by atoms with Gasteiger partial charge in [-0.15, -0.1) is 9.78 Å². The fourth-order valence-corrected chi connectivity index (χ4v) is 1.10. The minimum Gasteiger partial charge on any atom is -0.295 e. The van der Waals surface area contributed by atoms with Crippen molar-refractivity contribution in [2.75, 3.05) is 0 Å². The summed E-state index contributed by atoms with van der Waals surface area (Å²) in [5.74, 6) is -2.58. The summed E-state index contributed by atoms with van der Waals surface area (Å²) in [7, 11) is 0. The van der Waals surface area contributed by atoms with Crippen LogP contribution in [0.25, 0.3) is 0 Å². The van der Waals surface area contributed by atoms with Crippen LogP contribution < -0.4 is 0 Å². The second-order valence-corrected chi connectivity index (χ2v) is 6.35. The van der Waals surface area contributed by atoms with Crippen LogP contribution in [0.4, 0.5) is 0 Å². The van der Waals surface area contributed by atoms with Crippen molar-refractivity contribution in [3.63, 3.8) is 0 Å². The highest BCUT2D eigenvalue weighted by Crippen LogP contribution is 2.24. The minimum atomic E-state index is -1.32. The zero-order valence-electron chi connectivity index (χ0n) is 14.1. The monoisotopic (exact) mass is 304 g/mol. The molecule has 0 spiro atoms. The van der Waals surface area contributed by atoms with Crippen molar-refractivity contribution >= 4 is 11.9 Å². The van der Waals surface area contributed by atoms with Crippen LogP contribution in [0.5, 0.6) is 0 Å². The SMILES string of the molecule is CC(C)CCC(C)(OOC(=O)C(C)C)OOC(=O)C(C)C. The molecule has 0 saturated heterocycles. The van der Waals surface area contributed by atoms with Crippen LogP contribution in [-0.2, 0) is 29.1 Å². The van der Waals surface area contributed by atoms with E-state index in [1.54, 1.807) is 34.6 Å². The van der Waals surface area contributed by atoms with Gasteiger partial charge in [-0.1, -0.05) is 41.5 Å². The molecular weight excluding hydrogens is 276 g/mol. The van der Waals surface area contributed by atoms with Gasteiger partial charge in [0.05, 0.1) is 11.8 Å². The summed E-state index contributed by atoms with van der Waals surface area (Å²) in [5.41, 5.74) is 0. The van der Waals surface area contributed by atoms with Crippen LogP contribution in [-0.4, -0.2) is 17.7 Å². The van der Waals surface area contributed by atoms with E-state index in [-0.39, 0.29) is 11.8 Å². The van der Waals surface area contributed by atoms with Crippen LogP contribution in [0, 0.1) is 17.8 Å². The molecule has 6 heteroatoms. The topological polar surface area (TPSA) is 71.1 Å². The lowest BCUT2D eigenvalue weighted by molar-refractivity contribution is -0.479. The summed E-state index contributed by atoms with van der Waals surface area (Å²) in [6, 6.07) is 0. The third kappa shape index (κ3) is 8.67. The third-order valence-electron chi connectivity index (χ3n) is 2.72. The molecule has 0 aromatic carbocycles. The molecule has 0 N–H and O–H groups in total. The molecule has 0 rings (SSSR count). The molecule has 124 valence electrons. The smallest absolute Gasteiger partial charge is 0.295 e. The Hall–Kier alpha value is -1.14. The molecule has 0 saturated carbocycles. The number of carbonyl (C=O) groups excluding carboxylic acids is 2. The van der Waals surface area contributed by atoms with Gasteiger partial charge in [0.1, 0.15) is 0 Å². The Balaban J connectivity index is 4.60. The van der Waals surface area contributed by atoms with Crippen molar-refractivity contribution < 1.29 is 29.1 Å². The van der Waals surface area contributed by atoms with Gasteiger partial charge in [0.15, 0.2) is 0 Å². The summed E-state index contributed by atoms with van der Waals surface area (Å²) < 4.78 is 0. The lowest BCUT2D eigenvalue weighted by Crippen LogP contribution is -2.36. The second kappa shape index (κ2) is 9.00. The summed E-state index contributed by atoms with van der Waals surface area (Å²) in [6.07, 6.45) is 1.18. The first-order valence-electron chi connectivity index (χ1n) is 7.36. The van der Waals surface area contributed by atoms with Gasteiger partial charge in [0, 0.05) is 6.42 Å². The first-order chi connectivity index (χ1) is 9.57. The summed E-state index contributed by atoms with van der Waals surface area (Å²) in [6.45, 7) is 12.4. The molecule has 0 bridgehead atoms. The molecule has 0 radical (unpaired) electrons. The van der Waals surface area contributed by atoms with Gasteiger partial charge in [0.25, 0.3) is 5.79 Å². The maximum absolute atomic E-state index is 11.5. The van der Waals surface area contributed by atoms with E-state index in [9.17, 15) is 9.59 Å². The fourth-order valence-electron chi connectivity index (χ4n) is 1.10. The van der Waals surface area contributed by atoms with Crippen molar-refractivity contribution in [2.24, 2.45) is 17.8 Å². The average Bonchev–Trinajstić information content (AvgIpc) is 2.39. The summed E-state index contributed by atoms with van der Waals surface area (Å²) in [4.78, 5) is 42.6. The normalized spacial score (nSPS) is 12.1. The first-order valence-corrected chi connectivity index (χ1v) is 7.36. The molecule has 0 aliphatic heterocycles. The Kier molecular flexibility index (Phi) is 8.51. The molecule has 21 heavy (non-hydrogen) atoms. The molecule has 0 aliphatic rings. The zero-order valence-corrected chi connectivity index (χ0v) is 14.1. The van der Waals surface area contributed by atoms with Gasteiger partial charge in [-0.25, -0.2) is 9.59 Å². The maximum atomic E-state index is 11.5. The largest absolute Gasteiger partial charge is 0.345 e. The third-order valence-corrected chi connectivity index (χ3v) is 2.72. The Morgan fingerprint density at radius 3 is 1.52 bits per heavy atom. The maximum Gasteiger partial charge on any atom is 0.345 e. The molecule has 0 aliphatic carbocycles. The molecule has 0 atom stereocenters. The average molecular weight is 304 g/mol. The van der Waals surface area contributed by atoms with Gasteiger partial charge in [-0.2, -0.15) is 0 Å². The van der Waals surface area contributed by atoms with Gasteiger partial charge >= 0.3 is 11.9 Å². The van der Waals surface area contributed by atoms with E-state index < -0.39 is 17.7 Å². The fraction of sp³-hybridized carbons (Fsp3) is 0.867. The lowest BCUT2D eigenvalue weighted by atomic mass is 10.0. The van der Waals surface area contributed by atoms with Crippen molar-refractivity contribution in [1.29, 1.82) is 0 Å². The Labute approximate surface area is 126 Å². The molecule has 0 fully saturated rings. The van der Waals surface area contributed by atoms with Crippen LogP contribution in [0.15, 0.2) is 0 Å². The number of carbonyl (C=O) groups is 2. The van der Waals surface area contributed by atoms with E-state index >= 15 is 0 Å². The number of hydrogen-bond acceptors (Lipinski definition) is 6. The van der Waals surface area contributed by atoms with Crippen LogP contribution in [0.2, 0.25) is 0 Å². The van der Waals surface area contributed by atoms with Crippen molar-refractivity contribution in [3.8, 4) is 0 Å². The van der Waals surface area contributed by atoms with E-state index in [1.807, 2.05) is 13.8 Å². The molecule has 0 aromatic heterocycles. The highest BCUT2D eigenvalue weighted by Gasteiger charge is 2.33. The first kappa shape index (κ1) is 19.9. The minimum absolute atomic E-state index is 0.322. The van der Waals surface area contributed by atoms with Gasteiger partial charge < -0.3 is 0 Å². The quantitative estimate of drug-likeness (QED) is 0.369. The molecule has 0 amide bonds. The summed E-state index contributed by atoms with van der Waals surface area (Å²) >= 11 is 0. The van der Waals surface area contributed by atoms with E-state index in [0.717, 1.165) is 6.42 Å². The molecule has 0 aromatic rings. The van der Waals surface area contributed by atoms with Gasteiger partial charge in [-0.05, 0) is 19.3 Å². The van der Waals surface area contributed by atoms with E-state index in [2.05, 4.69) is 0 Å². The predicted molar refractivity (Wildman–Crippen MR) is 76.5 cm³/mol. The molecule has 0 unspecified atom stereocenters. The predicted octanol–water partition coefficient (Wildman–Crippen LogP) is 3.40. The molecule has 6 nitrogen and oxygen atoms in total. The number of rotatable bonds is 9. The van der Waals surface area contributed by atoms with Crippen molar-refractivity contribution in [3.05, 3.63) is 0 Å². The van der Waals surface area contributed by atoms with E-state index in [0.29, 0.717) is 12.3 Å². The Morgan fingerprint density at radius 2 is 1.24 bits per heavy atom. The molecular formula is C15H28O6. The van der Waals surface area contributed by atoms with Crippen LogP contribution in [0.3, 0.4) is 0 Å². The van der Waals surface area contributed by atoms with E-state index in [1.165, 1.54) is 0 Å². The standard InChI is InChI=1S/C15H28O6/c1-10(2)8-9-15(7,20-18-13(16)11(3)4)21-19-14(17)12(5)6/h10-12H,8-9H2,1-7H3. The van der Waals surface area contributed by atoms with Crippen molar-refractivity contribution in [1.82, 2.24) is 0 Å². The van der Waals surface area contributed by atoms with Crippen LogP contribution in [0.1, 0.15) is 61.3 Å². The van der Waals surface area contributed by atoms with Crippen molar-refractivity contribution in [2.45, 2.75) is 67.1 Å². The van der Waals surface area contributed by atoms with Gasteiger partial charge in [-0.3, -0.25) is 9.78 Å². The Bertz CT molecular complexity index is 311. The van der Waals surface area contributed by atoms with E-state index in [4.69, 9.17) is 19.6 Å². The number of hydrogen-bond donors (Lipinski definition) is 0. The highest BCUT2D eigenvalue weighted by molar-refractivity contribution is 5.71. The molecule has 0 heterocycles. The Morgan fingerprint density at radius 1 is 0.857 bits per heavy atom. The van der Waals surface area contributed by atoms with Gasteiger partial charge in [0.2, 0.25) is 0 Å². The second-order valence-electron chi connectivity index (χ2n) is 6.35.